The van der Waals surface area contributed by atoms with Gasteiger partial charge in [0.1, 0.15) is 5.65 Å². The predicted octanol–water partition coefficient (Wildman–Crippen LogP) is 2.34. The fourth-order valence-corrected chi connectivity index (χ4v) is 3.43. The number of rotatable bonds is 8. The molecule has 3 aromatic heterocycles. The summed E-state index contributed by atoms with van der Waals surface area (Å²) in [5.74, 6) is -0.429. The van der Waals surface area contributed by atoms with Crippen molar-refractivity contribution in [2.24, 2.45) is 0 Å². The SMILES string of the molecule is COCCNC(=O)c1ccn2c(-c3ccnc(Nc4ccc(C(=O)NO)cc4)n3)c(C)nc2c1. The van der Waals surface area contributed by atoms with E-state index in [-0.39, 0.29) is 5.91 Å². The number of nitrogens with zero attached hydrogens (tertiary/aromatic N) is 4. The molecule has 0 saturated heterocycles. The average molecular weight is 461 g/mol. The number of pyridine rings is 1. The highest BCUT2D eigenvalue weighted by molar-refractivity contribution is 5.95. The Morgan fingerprint density at radius 3 is 2.59 bits per heavy atom. The highest BCUT2D eigenvalue weighted by atomic mass is 16.5. The molecule has 11 nitrogen and oxygen atoms in total. The first-order chi connectivity index (χ1) is 16.5. The number of fused-ring (bicyclic) bond motifs is 1. The summed E-state index contributed by atoms with van der Waals surface area (Å²) in [6.07, 6.45) is 3.42. The quantitative estimate of drug-likeness (QED) is 0.178. The third-order valence-corrected chi connectivity index (χ3v) is 5.06. The molecule has 2 amide bonds. The molecule has 0 spiro atoms. The Kier molecular flexibility index (Phi) is 6.76. The second-order valence-electron chi connectivity index (χ2n) is 7.35. The van der Waals surface area contributed by atoms with E-state index in [1.54, 1.807) is 67.4 Å². The van der Waals surface area contributed by atoms with E-state index in [1.165, 1.54) is 0 Å². The van der Waals surface area contributed by atoms with E-state index < -0.39 is 5.91 Å². The fourth-order valence-electron chi connectivity index (χ4n) is 3.43. The number of amides is 2. The average Bonchev–Trinajstić information content (AvgIpc) is 3.19. The molecule has 0 fully saturated rings. The summed E-state index contributed by atoms with van der Waals surface area (Å²) in [7, 11) is 1.58. The van der Waals surface area contributed by atoms with Crippen LogP contribution in [-0.4, -0.2) is 56.6 Å². The fraction of sp³-hybridized carbons (Fsp3) is 0.174. The lowest BCUT2D eigenvalue weighted by Gasteiger charge is -2.08. The van der Waals surface area contributed by atoms with Crippen LogP contribution in [0.4, 0.5) is 11.6 Å². The molecular formula is C23H23N7O4. The smallest absolute Gasteiger partial charge is 0.274 e. The first-order valence-corrected chi connectivity index (χ1v) is 10.4. The summed E-state index contributed by atoms with van der Waals surface area (Å²) in [6, 6.07) is 11.7. The Balaban J connectivity index is 1.58. The molecule has 4 aromatic rings. The Morgan fingerprint density at radius 2 is 1.85 bits per heavy atom. The Hall–Kier alpha value is -4.35. The Morgan fingerprint density at radius 1 is 1.06 bits per heavy atom. The van der Waals surface area contributed by atoms with Crippen LogP contribution in [0.1, 0.15) is 26.4 Å². The topological polar surface area (TPSA) is 143 Å². The second kappa shape index (κ2) is 10.1. The number of imidazole rings is 1. The van der Waals surface area contributed by atoms with Crippen molar-refractivity contribution in [1.29, 1.82) is 0 Å². The lowest BCUT2D eigenvalue weighted by atomic mass is 10.2. The Labute approximate surface area is 194 Å². The van der Waals surface area contributed by atoms with Crippen molar-refractivity contribution in [1.82, 2.24) is 30.1 Å². The maximum Gasteiger partial charge on any atom is 0.274 e. The molecule has 1 aromatic carbocycles. The van der Waals surface area contributed by atoms with E-state index in [0.717, 1.165) is 11.4 Å². The molecule has 34 heavy (non-hydrogen) atoms. The summed E-state index contributed by atoms with van der Waals surface area (Å²) in [5, 5.41) is 14.6. The number of hydroxylamine groups is 1. The Bertz CT molecular complexity index is 1340. The van der Waals surface area contributed by atoms with E-state index in [1.807, 2.05) is 11.3 Å². The van der Waals surface area contributed by atoms with Crippen molar-refractivity contribution in [3.05, 3.63) is 71.7 Å². The number of methoxy groups -OCH3 is 1. The van der Waals surface area contributed by atoms with Crippen molar-refractivity contribution in [3.8, 4) is 11.4 Å². The van der Waals surface area contributed by atoms with Crippen molar-refractivity contribution in [2.45, 2.75) is 6.92 Å². The molecule has 174 valence electrons. The van der Waals surface area contributed by atoms with Crippen LogP contribution in [0, 0.1) is 6.92 Å². The first kappa shape index (κ1) is 22.8. The van der Waals surface area contributed by atoms with Crippen LogP contribution in [0.2, 0.25) is 0 Å². The molecule has 0 unspecified atom stereocenters. The minimum atomic E-state index is -0.594. The monoisotopic (exact) mass is 461 g/mol. The van der Waals surface area contributed by atoms with Gasteiger partial charge in [-0.25, -0.2) is 20.4 Å². The number of benzene rings is 1. The van der Waals surface area contributed by atoms with Gasteiger partial charge in [0.15, 0.2) is 0 Å². The van der Waals surface area contributed by atoms with Crippen LogP contribution in [0.15, 0.2) is 54.9 Å². The zero-order valence-corrected chi connectivity index (χ0v) is 18.6. The van der Waals surface area contributed by atoms with Crippen molar-refractivity contribution in [3.63, 3.8) is 0 Å². The summed E-state index contributed by atoms with van der Waals surface area (Å²) >= 11 is 0. The van der Waals surface area contributed by atoms with Crippen molar-refractivity contribution < 1.29 is 19.5 Å². The molecule has 0 aliphatic rings. The van der Waals surface area contributed by atoms with E-state index in [2.05, 4.69) is 25.6 Å². The molecule has 0 saturated carbocycles. The van der Waals surface area contributed by atoms with Gasteiger partial charge in [-0.05, 0) is 49.4 Å². The standard InChI is InChI=1S/C23H23N7O4/c1-14-20(30-11-8-16(13-19(30)26-14)21(31)24-10-12-34-2)18-7-9-25-23(28-18)27-17-5-3-15(4-6-17)22(32)29-33/h3-9,11,13,33H,10,12H2,1-2H3,(H,24,31)(H,29,32)(H,25,27,28). The van der Waals surface area contributed by atoms with Gasteiger partial charge in [0, 0.05) is 42.9 Å². The maximum atomic E-state index is 12.4. The zero-order chi connectivity index (χ0) is 24.1. The van der Waals surface area contributed by atoms with Gasteiger partial charge in [-0.1, -0.05) is 0 Å². The van der Waals surface area contributed by atoms with E-state index in [0.29, 0.717) is 47.3 Å². The number of nitrogens with one attached hydrogen (secondary N) is 3. The van der Waals surface area contributed by atoms with Gasteiger partial charge < -0.3 is 15.4 Å². The highest BCUT2D eigenvalue weighted by Crippen LogP contribution is 2.25. The molecule has 3 heterocycles. The number of hydrogen-bond donors (Lipinski definition) is 4. The van der Waals surface area contributed by atoms with Crippen molar-refractivity contribution >= 4 is 29.1 Å². The molecule has 4 N–H and O–H groups in total. The number of anilines is 2. The molecule has 11 heteroatoms. The number of aromatic nitrogens is 4. The molecule has 0 aliphatic heterocycles. The number of hydrogen-bond acceptors (Lipinski definition) is 8. The van der Waals surface area contributed by atoms with E-state index in [4.69, 9.17) is 9.94 Å². The normalized spacial score (nSPS) is 10.8. The van der Waals surface area contributed by atoms with Gasteiger partial charge in [0.25, 0.3) is 11.8 Å². The maximum absolute atomic E-state index is 12.4. The molecule has 0 radical (unpaired) electrons. The molecule has 4 rings (SSSR count). The minimum Gasteiger partial charge on any atom is -0.383 e. The number of carbonyl (C=O) groups is 2. The van der Waals surface area contributed by atoms with Gasteiger partial charge >= 0.3 is 0 Å². The zero-order valence-electron chi connectivity index (χ0n) is 18.6. The first-order valence-electron chi connectivity index (χ1n) is 10.4. The molecule has 0 atom stereocenters. The summed E-state index contributed by atoms with van der Waals surface area (Å²) in [6.45, 7) is 2.74. The van der Waals surface area contributed by atoms with Crippen LogP contribution in [0.25, 0.3) is 17.0 Å². The largest absolute Gasteiger partial charge is 0.383 e. The van der Waals surface area contributed by atoms with Crippen LogP contribution in [0.3, 0.4) is 0 Å². The third kappa shape index (κ3) is 4.85. The highest BCUT2D eigenvalue weighted by Gasteiger charge is 2.15. The van der Waals surface area contributed by atoms with Crippen LogP contribution in [0.5, 0.6) is 0 Å². The lowest BCUT2D eigenvalue weighted by Crippen LogP contribution is -2.26. The predicted molar refractivity (Wildman–Crippen MR) is 124 cm³/mol. The second-order valence-corrected chi connectivity index (χ2v) is 7.35. The van der Waals surface area contributed by atoms with Gasteiger partial charge in [0.2, 0.25) is 5.95 Å². The van der Waals surface area contributed by atoms with E-state index >= 15 is 0 Å². The van der Waals surface area contributed by atoms with Gasteiger partial charge in [-0.2, -0.15) is 0 Å². The van der Waals surface area contributed by atoms with Crippen molar-refractivity contribution in [2.75, 3.05) is 25.6 Å². The lowest BCUT2D eigenvalue weighted by molar-refractivity contribution is 0.0706. The van der Waals surface area contributed by atoms with Gasteiger partial charge in [0.05, 0.1) is 23.7 Å². The number of ether oxygens (including phenoxy) is 1. The van der Waals surface area contributed by atoms with Crippen LogP contribution < -0.4 is 16.1 Å². The summed E-state index contributed by atoms with van der Waals surface area (Å²) < 4.78 is 6.83. The summed E-state index contributed by atoms with van der Waals surface area (Å²) in [4.78, 5) is 37.3. The minimum absolute atomic E-state index is 0.197. The summed E-state index contributed by atoms with van der Waals surface area (Å²) in [5.41, 5.74) is 5.89. The van der Waals surface area contributed by atoms with E-state index in [9.17, 15) is 9.59 Å². The third-order valence-electron chi connectivity index (χ3n) is 5.06. The van der Waals surface area contributed by atoms with Gasteiger partial charge in [-0.15, -0.1) is 0 Å². The molecule has 0 bridgehead atoms. The number of carbonyl (C=O) groups excluding carboxylic acids is 2. The van der Waals surface area contributed by atoms with Crippen LogP contribution in [-0.2, 0) is 4.74 Å². The molecule has 0 aliphatic carbocycles. The van der Waals surface area contributed by atoms with Gasteiger partial charge in [-0.3, -0.25) is 19.2 Å². The molecular weight excluding hydrogens is 438 g/mol. The number of aryl methyl sites for hydroxylation is 1. The van der Waals surface area contributed by atoms with Crippen LogP contribution >= 0.6 is 0 Å².